The van der Waals surface area contributed by atoms with Crippen LogP contribution in [0.1, 0.15) is 45.9 Å². The molecule has 1 saturated heterocycles. The lowest BCUT2D eigenvalue weighted by Gasteiger charge is -2.24. The Balaban J connectivity index is 1.34. The predicted molar refractivity (Wildman–Crippen MR) is 153 cm³/mol. The van der Waals surface area contributed by atoms with E-state index in [-0.39, 0.29) is 37.6 Å². The molecule has 3 aromatic rings. The standard InChI is InChI=1S/C30H33ClN4O5/c1-18-4-3-5-19(10-18)26(17-36)34-29(37)16-35-15-24-23(30(35)38)11-20(12-27(24)39-2)22-13-28(32-14-25(22)31)33-21-6-8-40-9-7-21/h3-5,10-14,21,26,36H,6-9,15-17H2,1-2H3,(H,32,33)(H,34,37)/t26-/m1/s1. The third-order valence-corrected chi connectivity index (χ3v) is 7.63. The highest BCUT2D eigenvalue weighted by Crippen LogP contribution is 2.38. The van der Waals surface area contributed by atoms with Crippen molar-refractivity contribution >= 4 is 29.2 Å². The van der Waals surface area contributed by atoms with Crippen molar-refractivity contribution in [3.05, 3.63) is 75.9 Å². The topological polar surface area (TPSA) is 113 Å². The first-order valence-electron chi connectivity index (χ1n) is 13.3. The number of amides is 2. The van der Waals surface area contributed by atoms with E-state index in [0.717, 1.165) is 35.1 Å². The van der Waals surface area contributed by atoms with Gasteiger partial charge >= 0.3 is 0 Å². The fourth-order valence-electron chi connectivity index (χ4n) is 5.22. The van der Waals surface area contributed by atoms with Gasteiger partial charge in [0.25, 0.3) is 5.91 Å². The highest BCUT2D eigenvalue weighted by Gasteiger charge is 2.33. The Kier molecular flexibility index (Phi) is 8.54. The van der Waals surface area contributed by atoms with Crippen LogP contribution in [0.5, 0.6) is 5.75 Å². The number of hydrogen-bond donors (Lipinski definition) is 3. The molecule has 0 aliphatic carbocycles. The molecule has 1 atom stereocenters. The molecule has 3 N–H and O–H groups in total. The molecule has 9 nitrogen and oxygen atoms in total. The number of aliphatic hydroxyl groups excluding tert-OH is 1. The number of methoxy groups -OCH3 is 1. The normalized spacial score (nSPS) is 16.0. The van der Waals surface area contributed by atoms with Crippen LogP contribution in [0.3, 0.4) is 0 Å². The summed E-state index contributed by atoms with van der Waals surface area (Å²) in [4.78, 5) is 32.3. The highest BCUT2D eigenvalue weighted by molar-refractivity contribution is 6.33. The smallest absolute Gasteiger partial charge is 0.255 e. The van der Waals surface area contributed by atoms with Gasteiger partial charge in [0.15, 0.2) is 0 Å². The number of aryl methyl sites for hydroxylation is 1. The van der Waals surface area contributed by atoms with Gasteiger partial charge in [-0.05, 0) is 49.1 Å². The Bertz CT molecular complexity index is 1410. The lowest BCUT2D eigenvalue weighted by molar-refractivity contribution is -0.122. The summed E-state index contributed by atoms with van der Waals surface area (Å²) < 4.78 is 11.1. The van der Waals surface area contributed by atoms with E-state index in [2.05, 4.69) is 15.6 Å². The summed E-state index contributed by atoms with van der Waals surface area (Å²) in [5.41, 5.74) is 4.45. The first kappa shape index (κ1) is 27.9. The average molecular weight is 565 g/mol. The van der Waals surface area contributed by atoms with Crippen LogP contribution in [0, 0.1) is 6.92 Å². The molecule has 5 rings (SSSR count). The van der Waals surface area contributed by atoms with Crippen molar-refractivity contribution < 1.29 is 24.2 Å². The summed E-state index contributed by atoms with van der Waals surface area (Å²) in [6.45, 7) is 3.21. The van der Waals surface area contributed by atoms with E-state index in [1.54, 1.807) is 19.4 Å². The van der Waals surface area contributed by atoms with Crippen molar-refractivity contribution in [1.29, 1.82) is 0 Å². The minimum Gasteiger partial charge on any atom is -0.496 e. The fraction of sp³-hybridized carbons (Fsp3) is 0.367. The minimum atomic E-state index is -0.564. The number of rotatable bonds is 9. The van der Waals surface area contributed by atoms with Crippen molar-refractivity contribution in [2.24, 2.45) is 0 Å². The summed E-state index contributed by atoms with van der Waals surface area (Å²) in [5, 5.41) is 16.6. The van der Waals surface area contributed by atoms with Gasteiger partial charge in [0, 0.05) is 42.1 Å². The summed E-state index contributed by atoms with van der Waals surface area (Å²) in [7, 11) is 1.55. The van der Waals surface area contributed by atoms with Gasteiger partial charge < -0.3 is 30.1 Å². The summed E-state index contributed by atoms with van der Waals surface area (Å²) in [5.74, 6) is 0.611. The summed E-state index contributed by atoms with van der Waals surface area (Å²) in [6, 6.07) is 12.8. The molecule has 0 bridgehead atoms. The van der Waals surface area contributed by atoms with Gasteiger partial charge in [0.1, 0.15) is 18.1 Å². The Hall–Kier alpha value is -3.66. The summed E-state index contributed by atoms with van der Waals surface area (Å²) >= 11 is 6.56. The second kappa shape index (κ2) is 12.2. The van der Waals surface area contributed by atoms with Crippen LogP contribution < -0.4 is 15.4 Å². The van der Waals surface area contributed by atoms with Crippen LogP contribution in [-0.4, -0.2) is 66.3 Å². The molecule has 2 aliphatic heterocycles. The zero-order chi connectivity index (χ0) is 28.2. The lowest BCUT2D eigenvalue weighted by Crippen LogP contribution is -2.40. The van der Waals surface area contributed by atoms with Crippen LogP contribution >= 0.6 is 11.6 Å². The number of halogens is 1. The zero-order valence-corrected chi connectivity index (χ0v) is 23.3. The van der Waals surface area contributed by atoms with Gasteiger partial charge in [-0.3, -0.25) is 9.59 Å². The molecule has 0 saturated carbocycles. The van der Waals surface area contributed by atoms with E-state index < -0.39 is 6.04 Å². The van der Waals surface area contributed by atoms with Crippen molar-refractivity contribution in [3.8, 4) is 16.9 Å². The second-order valence-electron chi connectivity index (χ2n) is 10.2. The Morgan fingerprint density at radius 2 is 2.02 bits per heavy atom. The number of carbonyl (C=O) groups is 2. The van der Waals surface area contributed by atoms with Crippen molar-refractivity contribution in [2.45, 2.75) is 38.4 Å². The molecular formula is C30H33ClN4O5. The molecule has 210 valence electrons. The molecule has 0 spiro atoms. The number of fused-ring (bicyclic) bond motifs is 1. The lowest BCUT2D eigenvalue weighted by atomic mass is 9.99. The third kappa shape index (κ3) is 6.06. The van der Waals surface area contributed by atoms with E-state index in [4.69, 9.17) is 21.1 Å². The van der Waals surface area contributed by atoms with Crippen molar-refractivity contribution in [1.82, 2.24) is 15.2 Å². The molecular weight excluding hydrogens is 532 g/mol. The first-order chi connectivity index (χ1) is 19.4. The van der Waals surface area contributed by atoms with E-state index in [9.17, 15) is 14.7 Å². The number of nitrogens with one attached hydrogen (secondary N) is 2. The van der Waals surface area contributed by atoms with Gasteiger partial charge in [-0.1, -0.05) is 41.4 Å². The fourth-order valence-corrected chi connectivity index (χ4v) is 5.43. The largest absolute Gasteiger partial charge is 0.496 e. The van der Waals surface area contributed by atoms with Crippen LogP contribution in [0.25, 0.3) is 11.1 Å². The monoisotopic (exact) mass is 564 g/mol. The molecule has 10 heteroatoms. The maximum Gasteiger partial charge on any atom is 0.255 e. The highest BCUT2D eigenvalue weighted by atomic mass is 35.5. The van der Waals surface area contributed by atoms with Gasteiger partial charge in [-0.2, -0.15) is 0 Å². The average Bonchev–Trinajstić information content (AvgIpc) is 3.27. The number of aliphatic hydroxyl groups is 1. The predicted octanol–water partition coefficient (Wildman–Crippen LogP) is 4.12. The molecule has 40 heavy (non-hydrogen) atoms. The van der Waals surface area contributed by atoms with Crippen LogP contribution in [0.2, 0.25) is 5.02 Å². The molecule has 1 fully saturated rings. The zero-order valence-electron chi connectivity index (χ0n) is 22.6. The Morgan fingerprint density at radius 3 is 2.75 bits per heavy atom. The maximum atomic E-state index is 13.4. The van der Waals surface area contributed by atoms with Gasteiger partial charge in [-0.15, -0.1) is 0 Å². The molecule has 2 aliphatic rings. The minimum absolute atomic E-state index is 0.149. The Morgan fingerprint density at radius 1 is 1.23 bits per heavy atom. The molecule has 2 amide bonds. The first-order valence-corrected chi connectivity index (χ1v) is 13.7. The van der Waals surface area contributed by atoms with Crippen molar-refractivity contribution in [2.75, 3.05) is 38.8 Å². The molecule has 0 radical (unpaired) electrons. The SMILES string of the molecule is COc1cc(-c2cc(NC3CCOCC3)ncc2Cl)cc2c1CN(CC(=O)N[C@H](CO)c1cccc(C)c1)C2=O. The van der Waals surface area contributed by atoms with Gasteiger partial charge in [0.2, 0.25) is 5.91 Å². The number of nitrogens with zero attached hydrogens (tertiary/aromatic N) is 2. The number of anilines is 1. The van der Waals surface area contributed by atoms with Gasteiger partial charge in [-0.25, -0.2) is 4.98 Å². The molecule has 3 heterocycles. The number of ether oxygens (including phenoxy) is 2. The maximum absolute atomic E-state index is 13.4. The quantitative estimate of drug-likeness (QED) is 0.358. The molecule has 0 unspecified atom stereocenters. The van der Waals surface area contributed by atoms with Crippen molar-refractivity contribution in [3.63, 3.8) is 0 Å². The number of hydrogen-bond acceptors (Lipinski definition) is 7. The van der Waals surface area contributed by atoms with E-state index in [0.29, 0.717) is 40.9 Å². The number of carbonyl (C=O) groups excluding carboxylic acids is 2. The van der Waals surface area contributed by atoms with Crippen LogP contribution in [-0.2, 0) is 16.1 Å². The summed E-state index contributed by atoms with van der Waals surface area (Å²) in [6.07, 6.45) is 3.39. The van der Waals surface area contributed by atoms with Crippen LogP contribution in [0.4, 0.5) is 5.82 Å². The van der Waals surface area contributed by atoms with E-state index >= 15 is 0 Å². The Labute approximate surface area is 238 Å². The van der Waals surface area contributed by atoms with Crippen LogP contribution in [0.15, 0.2) is 48.7 Å². The third-order valence-electron chi connectivity index (χ3n) is 7.33. The van der Waals surface area contributed by atoms with Gasteiger partial charge in [0.05, 0.1) is 31.3 Å². The number of benzene rings is 2. The number of pyridine rings is 1. The van der Waals surface area contributed by atoms with E-state index in [1.807, 2.05) is 43.3 Å². The molecule has 2 aromatic carbocycles. The number of aromatic nitrogens is 1. The second-order valence-corrected chi connectivity index (χ2v) is 10.6. The molecule has 1 aromatic heterocycles. The van der Waals surface area contributed by atoms with E-state index in [1.165, 1.54) is 4.90 Å².